The third-order valence-electron chi connectivity index (χ3n) is 2.72. The second-order valence-electron chi connectivity index (χ2n) is 4.10. The second kappa shape index (κ2) is 6.35. The Morgan fingerprint density at radius 2 is 1.82 bits per heavy atom. The van der Waals surface area contributed by atoms with Crippen LogP contribution in [0.2, 0.25) is 0 Å². The van der Waals surface area contributed by atoms with Gasteiger partial charge >= 0.3 is 0 Å². The van der Waals surface area contributed by atoms with E-state index in [2.05, 4.69) is 10.6 Å². The fourth-order valence-corrected chi connectivity index (χ4v) is 1.81. The third kappa shape index (κ3) is 3.53. The number of unbranched alkanes of at least 4 members (excludes halogenated alkanes) is 1. The molecular formula is C13H20N2O2. The Balaban J connectivity index is 1.81. The number of benzene rings is 1. The standard InChI is InChI=1S/C13H20N2O2/c1-14-6-2-3-7-15-11-4-5-12-13(10-11)17-9-8-16-12/h4-5,10,14-15H,2-3,6-9H2,1H3. The summed E-state index contributed by atoms with van der Waals surface area (Å²) in [6, 6.07) is 6.00. The summed E-state index contributed by atoms with van der Waals surface area (Å²) in [4.78, 5) is 0. The van der Waals surface area contributed by atoms with Gasteiger partial charge in [0.1, 0.15) is 13.2 Å². The van der Waals surface area contributed by atoms with Gasteiger partial charge in [-0.25, -0.2) is 0 Å². The van der Waals surface area contributed by atoms with Crippen LogP contribution < -0.4 is 20.1 Å². The van der Waals surface area contributed by atoms with Crippen LogP contribution in [-0.2, 0) is 0 Å². The van der Waals surface area contributed by atoms with Crippen molar-refractivity contribution in [3.8, 4) is 11.5 Å². The molecule has 94 valence electrons. The predicted octanol–water partition coefficient (Wildman–Crippen LogP) is 1.87. The van der Waals surface area contributed by atoms with Gasteiger partial charge in [0.05, 0.1) is 0 Å². The topological polar surface area (TPSA) is 42.5 Å². The normalized spacial score (nSPS) is 13.5. The van der Waals surface area contributed by atoms with E-state index < -0.39 is 0 Å². The molecule has 0 unspecified atom stereocenters. The summed E-state index contributed by atoms with van der Waals surface area (Å²) in [7, 11) is 1.98. The van der Waals surface area contributed by atoms with Gasteiger partial charge in [-0.05, 0) is 38.6 Å². The molecule has 1 aromatic rings. The number of hydrogen-bond acceptors (Lipinski definition) is 4. The zero-order valence-corrected chi connectivity index (χ0v) is 10.3. The van der Waals surface area contributed by atoms with Crippen molar-refractivity contribution in [3.63, 3.8) is 0 Å². The molecule has 0 aromatic heterocycles. The second-order valence-corrected chi connectivity index (χ2v) is 4.10. The van der Waals surface area contributed by atoms with Crippen molar-refractivity contribution in [3.05, 3.63) is 18.2 Å². The molecular weight excluding hydrogens is 216 g/mol. The van der Waals surface area contributed by atoms with Crippen molar-refractivity contribution >= 4 is 5.69 Å². The molecule has 0 saturated carbocycles. The van der Waals surface area contributed by atoms with Crippen molar-refractivity contribution < 1.29 is 9.47 Å². The molecule has 0 saturated heterocycles. The van der Waals surface area contributed by atoms with Crippen LogP contribution in [-0.4, -0.2) is 33.4 Å². The molecule has 0 aliphatic carbocycles. The molecule has 1 aromatic carbocycles. The van der Waals surface area contributed by atoms with E-state index >= 15 is 0 Å². The van der Waals surface area contributed by atoms with E-state index in [4.69, 9.17) is 9.47 Å². The molecule has 0 fully saturated rings. The lowest BCUT2D eigenvalue weighted by molar-refractivity contribution is 0.171. The lowest BCUT2D eigenvalue weighted by Gasteiger charge is -2.19. The van der Waals surface area contributed by atoms with Gasteiger partial charge in [0.2, 0.25) is 0 Å². The summed E-state index contributed by atoms with van der Waals surface area (Å²) in [5.41, 5.74) is 1.10. The minimum Gasteiger partial charge on any atom is -0.486 e. The molecule has 0 bridgehead atoms. The van der Waals surface area contributed by atoms with Gasteiger partial charge < -0.3 is 20.1 Å². The smallest absolute Gasteiger partial charge is 0.163 e. The number of nitrogens with one attached hydrogen (secondary N) is 2. The first-order valence-corrected chi connectivity index (χ1v) is 6.18. The Morgan fingerprint density at radius 1 is 1.06 bits per heavy atom. The quantitative estimate of drug-likeness (QED) is 0.740. The SMILES string of the molecule is CNCCCCNc1ccc2c(c1)OCCO2. The van der Waals surface area contributed by atoms with Gasteiger partial charge in [-0.15, -0.1) is 0 Å². The highest BCUT2D eigenvalue weighted by Gasteiger charge is 2.11. The molecule has 0 radical (unpaired) electrons. The Labute approximate surface area is 102 Å². The Kier molecular flexibility index (Phi) is 4.50. The van der Waals surface area contributed by atoms with Crippen LogP contribution in [0.25, 0.3) is 0 Å². The zero-order valence-electron chi connectivity index (χ0n) is 10.3. The van der Waals surface area contributed by atoms with E-state index in [0.717, 1.165) is 36.7 Å². The first-order valence-electron chi connectivity index (χ1n) is 6.18. The van der Waals surface area contributed by atoms with Gasteiger partial charge in [-0.2, -0.15) is 0 Å². The number of anilines is 1. The summed E-state index contributed by atoms with van der Waals surface area (Å²) in [5.74, 6) is 1.69. The van der Waals surface area contributed by atoms with E-state index in [1.165, 1.54) is 6.42 Å². The Morgan fingerprint density at radius 3 is 2.65 bits per heavy atom. The van der Waals surface area contributed by atoms with Crippen molar-refractivity contribution in [2.45, 2.75) is 12.8 Å². The number of ether oxygens (including phenoxy) is 2. The van der Waals surface area contributed by atoms with Crippen LogP contribution in [0.1, 0.15) is 12.8 Å². The first kappa shape index (κ1) is 12.0. The Hall–Kier alpha value is -1.42. The average Bonchev–Trinajstić information content (AvgIpc) is 2.38. The summed E-state index contributed by atoms with van der Waals surface area (Å²) in [6.45, 7) is 3.34. The minimum absolute atomic E-state index is 0.638. The number of hydrogen-bond donors (Lipinski definition) is 2. The molecule has 1 heterocycles. The van der Waals surface area contributed by atoms with Crippen LogP contribution in [0.3, 0.4) is 0 Å². The van der Waals surface area contributed by atoms with Crippen LogP contribution in [0.4, 0.5) is 5.69 Å². The van der Waals surface area contributed by atoms with Gasteiger partial charge in [0, 0.05) is 18.3 Å². The maximum atomic E-state index is 5.53. The monoisotopic (exact) mass is 236 g/mol. The van der Waals surface area contributed by atoms with Crippen LogP contribution >= 0.6 is 0 Å². The highest BCUT2D eigenvalue weighted by Crippen LogP contribution is 2.32. The molecule has 17 heavy (non-hydrogen) atoms. The van der Waals surface area contributed by atoms with E-state index in [9.17, 15) is 0 Å². The van der Waals surface area contributed by atoms with Crippen molar-refractivity contribution in [2.24, 2.45) is 0 Å². The van der Waals surface area contributed by atoms with Gasteiger partial charge in [-0.1, -0.05) is 0 Å². The molecule has 0 amide bonds. The maximum Gasteiger partial charge on any atom is 0.163 e. The largest absolute Gasteiger partial charge is 0.486 e. The molecule has 2 N–H and O–H groups in total. The van der Waals surface area contributed by atoms with E-state index in [1.807, 2.05) is 25.2 Å². The fourth-order valence-electron chi connectivity index (χ4n) is 1.81. The summed E-state index contributed by atoms with van der Waals surface area (Å²) in [5, 5.41) is 6.53. The fraction of sp³-hybridized carbons (Fsp3) is 0.538. The molecule has 4 nitrogen and oxygen atoms in total. The van der Waals surface area contributed by atoms with Crippen molar-refractivity contribution in [2.75, 3.05) is 38.7 Å². The van der Waals surface area contributed by atoms with Crippen LogP contribution in [0, 0.1) is 0 Å². The summed E-state index contributed by atoms with van der Waals surface area (Å²) in [6.07, 6.45) is 2.35. The highest BCUT2D eigenvalue weighted by molar-refractivity contribution is 5.55. The maximum absolute atomic E-state index is 5.53. The van der Waals surface area contributed by atoms with E-state index in [1.54, 1.807) is 0 Å². The lowest BCUT2D eigenvalue weighted by Crippen LogP contribution is -2.15. The highest BCUT2D eigenvalue weighted by atomic mass is 16.6. The van der Waals surface area contributed by atoms with Crippen LogP contribution in [0.15, 0.2) is 18.2 Å². The summed E-state index contributed by atoms with van der Waals surface area (Å²) >= 11 is 0. The van der Waals surface area contributed by atoms with E-state index in [-0.39, 0.29) is 0 Å². The number of fused-ring (bicyclic) bond motifs is 1. The molecule has 0 atom stereocenters. The molecule has 2 rings (SSSR count). The minimum atomic E-state index is 0.638. The van der Waals surface area contributed by atoms with Crippen molar-refractivity contribution in [1.29, 1.82) is 0 Å². The number of rotatable bonds is 6. The molecule has 1 aliphatic heterocycles. The Bertz CT molecular complexity index is 355. The van der Waals surface area contributed by atoms with Crippen LogP contribution in [0.5, 0.6) is 11.5 Å². The first-order chi connectivity index (χ1) is 8.40. The van der Waals surface area contributed by atoms with E-state index in [0.29, 0.717) is 13.2 Å². The third-order valence-corrected chi connectivity index (χ3v) is 2.72. The lowest BCUT2D eigenvalue weighted by atomic mass is 10.2. The molecule has 0 spiro atoms. The van der Waals surface area contributed by atoms with Gasteiger partial charge in [0.25, 0.3) is 0 Å². The average molecular weight is 236 g/mol. The molecule has 1 aliphatic rings. The van der Waals surface area contributed by atoms with Gasteiger partial charge in [-0.3, -0.25) is 0 Å². The summed E-state index contributed by atoms with van der Waals surface area (Å²) < 4.78 is 11.0. The van der Waals surface area contributed by atoms with Crippen molar-refractivity contribution in [1.82, 2.24) is 5.32 Å². The molecule has 4 heteroatoms. The predicted molar refractivity (Wildman–Crippen MR) is 69.1 cm³/mol. The zero-order chi connectivity index (χ0) is 11.9. The van der Waals surface area contributed by atoms with Gasteiger partial charge in [0.15, 0.2) is 11.5 Å².